The van der Waals surface area contributed by atoms with Crippen LogP contribution in [0.2, 0.25) is 0 Å². The molecular weight excluding hydrogens is 205 g/mol. The van der Waals surface area contributed by atoms with Gasteiger partial charge in [-0.1, -0.05) is 0 Å². The molecule has 0 fully saturated rings. The van der Waals surface area contributed by atoms with E-state index >= 15 is 0 Å². The topological polar surface area (TPSA) is 36.9 Å². The maximum absolute atomic E-state index is 12.7. The SMILES string of the molecule is N#CCCc1ccc(-c2ccc(F)cc2)o1. The maximum Gasteiger partial charge on any atom is 0.134 e. The van der Waals surface area contributed by atoms with Gasteiger partial charge < -0.3 is 4.42 Å². The van der Waals surface area contributed by atoms with Gasteiger partial charge in [0.1, 0.15) is 17.3 Å². The standard InChI is InChI=1S/C13H10FNO/c14-11-5-3-10(4-6-11)13-8-7-12(16-13)2-1-9-15/h3-8H,1-2H2. The first-order valence-electron chi connectivity index (χ1n) is 5.01. The van der Waals surface area contributed by atoms with Crippen LogP contribution in [0.25, 0.3) is 11.3 Å². The van der Waals surface area contributed by atoms with Crippen molar-refractivity contribution in [3.63, 3.8) is 0 Å². The molecule has 0 saturated carbocycles. The number of rotatable bonds is 3. The third kappa shape index (κ3) is 2.29. The van der Waals surface area contributed by atoms with Gasteiger partial charge in [0.2, 0.25) is 0 Å². The molecule has 2 nitrogen and oxygen atoms in total. The Morgan fingerprint density at radius 3 is 2.56 bits per heavy atom. The predicted molar refractivity (Wildman–Crippen MR) is 58.0 cm³/mol. The summed E-state index contributed by atoms with van der Waals surface area (Å²) in [6.45, 7) is 0. The van der Waals surface area contributed by atoms with Crippen LogP contribution in [-0.4, -0.2) is 0 Å². The van der Waals surface area contributed by atoms with Gasteiger partial charge in [-0.05, 0) is 36.4 Å². The van der Waals surface area contributed by atoms with Gasteiger partial charge in [0, 0.05) is 18.4 Å². The Labute approximate surface area is 92.9 Å². The van der Waals surface area contributed by atoms with Gasteiger partial charge in [0.25, 0.3) is 0 Å². The summed E-state index contributed by atoms with van der Waals surface area (Å²) in [5.74, 6) is 1.22. The van der Waals surface area contributed by atoms with Crippen LogP contribution in [0.5, 0.6) is 0 Å². The fourth-order valence-corrected chi connectivity index (χ4v) is 1.46. The molecule has 0 unspecified atom stereocenters. The third-order valence-electron chi connectivity index (χ3n) is 2.27. The second-order valence-corrected chi connectivity index (χ2v) is 3.43. The molecule has 0 amide bonds. The molecule has 80 valence electrons. The highest BCUT2D eigenvalue weighted by molar-refractivity contribution is 5.57. The number of aryl methyl sites for hydroxylation is 1. The molecule has 0 saturated heterocycles. The van der Waals surface area contributed by atoms with E-state index in [-0.39, 0.29) is 5.82 Å². The highest BCUT2D eigenvalue weighted by Crippen LogP contribution is 2.22. The van der Waals surface area contributed by atoms with E-state index in [1.165, 1.54) is 12.1 Å². The molecule has 2 rings (SSSR count). The third-order valence-corrected chi connectivity index (χ3v) is 2.27. The zero-order valence-electron chi connectivity index (χ0n) is 8.61. The summed E-state index contributed by atoms with van der Waals surface area (Å²) in [5, 5.41) is 8.45. The van der Waals surface area contributed by atoms with Crippen LogP contribution in [0.4, 0.5) is 4.39 Å². The molecule has 3 heteroatoms. The molecule has 1 aromatic carbocycles. The maximum atomic E-state index is 12.7. The van der Waals surface area contributed by atoms with Crippen LogP contribution < -0.4 is 0 Å². The molecule has 1 heterocycles. The first kappa shape index (κ1) is 10.4. The van der Waals surface area contributed by atoms with Crippen molar-refractivity contribution >= 4 is 0 Å². The van der Waals surface area contributed by atoms with Crippen LogP contribution in [-0.2, 0) is 6.42 Å². The zero-order chi connectivity index (χ0) is 11.4. The highest BCUT2D eigenvalue weighted by atomic mass is 19.1. The monoisotopic (exact) mass is 215 g/mol. The minimum absolute atomic E-state index is 0.264. The van der Waals surface area contributed by atoms with E-state index in [0.717, 1.165) is 11.3 Å². The molecule has 1 aromatic heterocycles. The lowest BCUT2D eigenvalue weighted by Crippen LogP contribution is -1.78. The van der Waals surface area contributed by atoms with Crippen LogP contribution in [0.3, 0.4) is 0 Å². The van der Waals surface area contributed by atoms with Gasteiger partial charge in [-0.2, -0.15) is 5.26 Å². The first-order valence-corrected chi connectivity index (χ1v) is 5.01. The number of hydrogen-bond acceptors (Lipinski definition) is 2. The number of hydrogen-bond donors (Lipinski definition) is 0. The molecule has 0 radical (unpaired) electrons. The van der Waals surface area contributed by atoms with Gasteiger partial charge in [-0.3, -0.25) is 0 Å². The van der Waals surface area contributed by atoms with Crippen molar-refractivity contribution in [2.45, 2.75) is 12.8 Å². The Hall–Kier alpha value is -2.08. The van der Waals surface area contributed by atoms with Crippen molar-refractivity contribution < 1.29 is 8.81 Å². The van der Waals surface area contributed by atoms with Crippen molar-refractivity contribution in [3.05, 3.63) is 48.0 Å². The van der Waals surface area contributed by atoms with Gasteiger partial charge in [0.15, 0.2) is 0 Å². The average Bonchev–Trinajstić information content (AvgIpc) is 2.76. The molecule has 0 aliphatic rings. The number of benzene rings is 1. The molecule has 0 aliphatic carbocycles. The van der Waals surface area contributed by atoms with Crippen molar-refractivity contribution in [1.29, 1.82) is 5.26 Å². The van der Waals surface area contributed by atoms with Gasteiger partial charge in [0.05, 0.1) is 6.07 Å². The van der Waals surface area contributed by atoms with E-state index in [1.807, 2.05) is 12.1 Å². The molecule has 0 aliphatic heterocycles. The first-order chi connectivity index (χ1) is 7.79. The summed E-state index contributed by atoms with van der Waals surface area (Å²) in [7, 11) is 0. The van der Waals surface area contributed by atoms with Gasteiger partial charge >= 0.3 is 0 Å². The predicted octanol–water partition coefficient (Wildman–Crippen LogP) is 3.54. The Balaban J connectivity index is 2.18. The van der Waals surface area contributed by atoms with E-state index in [0.29, 0.717) is 18.6 Å². The van der Waals surface area contributed by atoms with Crippen LogP contribution in [0.1, 0.15) is 12.2 Å². The van der Waals surface area contributed by atoms with Crippen LogP contribution in [0, 0.1) is 17.1 Å². The minimum Gasteiger partial charge on any atom is -0.461 e. The molecular formula is C13H10FNO. The van der Waals surface area contributed by atoms with E-state index in [1.54, 1.807) is 12.1 Å². The van der Waals surface area contributed by atoms with E-state index in [4.69, 9.17) is 9.68 Å². The lowest BCUT2D eigenvalue weighted by Gasteiger charge is -1.96. The Kier molecular flexibility index (Phi) is 3.02. The molecule has 0 spiro atoms. The second-order valence-electron chi connectivity index (χ2n) is 3.43. The number of furan rings is 1. The number of halogens is 1. The molecule has 0 bridgehead atoms. The summed E-state index contributed by atoms with van der Waals surface area (Å²) in [6, 6.07) is 11.9. The smallest absolute Gasteiger partial charge is 0.134 e. The Bertz CT molecular complexity index is 507. The summed E-state index contributed by atoms with van der Waals surface area (Å²) >= 11 is 0. The summed E-state index contributed by atoms with van der Waals surface area (Å²) < 4.78 is 18.2. The van der Waals surface area contributed by atoms with Crippen LogP contribution in [0.15, 0.2) is 40.8 Å². The lowest BCUT2D eigenvalue weighted by atomic mass is 10.2. The minimum atomic E-state index is -0.264. The van der Waals surface area contributed by atoms with Crippen molar-refractivity contribution in [2.24, 2.45) is 0 Å². The van der Waals surface area contributed by atoms with Gasteiger partial charge in [-0.25, -0.2) is 4.39 Å². The van der Waals surface area contributed by atoms with Crippen molar-refractivity contribution in [2.75, 3.05) is 0 Å². The van der Waals surface area contributed by atoms with Gasteiger partial charge in [-0.15, -0.1) is 0 Å². The summed E-state index contributed by atoms with van der Waals surface area (Å²) in [6.07, 6.45) is 1.05. The highest BCUT2D eigenvalue weighted by Gasteiger charge is 2.04. The van der Waals surface area contributed by atoms with E-state index < -0.39 is 0 Å². The Morgan fingerprint density at radius 2 is 1.88 bits per heavy atom. The zero-order valence-corrected chi connectivity index (χ0v) is 8.61. The number of nitriles is 1. The fraction of sp³-hybridized carbons (Fsp3) is 0.154. The largest absolute Gasteiger partial charge is 0.461 e. The van der Waals surface area contributed by atoms with Crippen LogP contribution >= 0.6 is 0 Å². The molecule has 16 heavy (non-hydrogen) atoms. The average molecular weight is 215 g/mol. The van der Waals surface area contributed by atoms with Crippen molar-refractivity contribution in [1.82, 2.24) is 0 Å². The van der Waals surface area contributed by atoms with E-state index in [2.05, 4.69) is 6.07 Å². The second kappa shape index (κ2) is 4.63. The number of nitrogens with zero attached hydrogens (tertiary/aromatic N) is 1. The molecule has 0 N–H and O–H groups in total. The summed E-state index contributed by atoms with van der Waals surface area (Å²) in [4.78, 5) is 0. The fourth-order valence-electron chi connectivity index (χ4n) is 1.46. The Morgan fingerprint density at radius 1 is 1.12 bits per heavy atom. The summed E-state index contributed by atoms with van der Waals surface area (Å²) in [5.41, 5.74) is 0.838. The quantitative estimate of drug-likeness (QED) is 0.785. The van der Waals surface area contributed by atoms with E-state index in [9.17, 15) is 4.39 Å². The normalized spacial score (nSPS) is 10.0. The van der Waals surface area contributed by atoms with Crippen molar-refractivity contribution in [3.8, 4) is 17.4 Å². The molecule has 0 atom stereocenters. The molecule has 2 aromatic rings. The lowest BCUT2D eigenvalue weighted by molar-refractivity contribution is 0.523.